The molecule has 1 aliphatic rings. The van der Waals surface area contributed by atoms with Gasteiger partial charge in [-0.3, -0.25) is 9.59 Å². The number of amides is 1. The molecule has 10 heteroatoms. The first-order valence-corrected chi connectivity index (χ1v) is 13.4. The van der Waals surface area contributed by atoms with Gasteiger partial charge in [0.25, 0.3) is 0 Å². The first-order chi connectivity index (χ1) is 17.3. The molecule has 0 bridgehead atoms. The third kappa shape index (κ3) is 20.4. The molecule has 0 radical (unpaired) electrons. The summed E-state index contributed by atoms with van der Waals surface area (Å²) in [5.41, 5.74) is -1.41. The predicted octanol–water partition coefficient (Wildman–Crippen LogP) is 3.29. The number of esters is 1. The number of carbonyl (C=O) groups excluding carboxylic acids is 2. The molecule has 10 nitrogen and oxygen atoms in total. The van der Waals surface area contributed by atoms with Crippen molar-refractivity contribution in [2.75, 3.05) is 53.7 Å². The second kappa shape index (κ2) is 22.7. The number of likely N-dealkylation sites (tertiary alicyclic amines) is 1. The lowest BCUT2D eigenvalue weighted by molar-refractivity contribution is -0.334. The maximum atomic E-state index is 12.3. The van der Waals surface area contributed by atoms with Crippen LogP contribution >= 0.6 is 0 Å². The summed E-state index contributed by atoms with van der Waals surface area (Å²) in [6.45, 7) is 16.8. The summed E-state index contributed by atoms with van der Waals surface area (Å²) < 4.78 is 21.5. The molecule has 1 heterocycles. The number of aliphatic hydroxyl groups excluding tert-OH is 3. The smallest absolute Gasteiger partial charge is 0.306 e. The Morgan fingerprint density at radius 1 is 0.865 bits per heavy atom. The molecule has 0 aliphatic carbocycles. The van der Waals surface area contributed by atoms with Gasteiger partial charge in [0.2, 0.25) is 5.91 Å². The topological polar surface area (TPSA) is 135 Å². The van der Waals surface area contributed by atoms with Crippen LogP contribution in [-0.4, -0.2) is 103 Å². The Kier molecular flexibility index (Phi) is 24.6. The molecule has 1 saturated heterocycles. The van der Waals surface area contributed by atoms with E-state index in [0.29, 0.717) is 39.0 Å². The van der Waals surface area contributed by atoms with Crippen molar-refractivity contribution in [2.45, 2.75) is 111 Å². The third-order valence-electron chi connectivity index (χ3n) is 4.96. The lowest BCUT2D eigenvalue weighted by Gasteiger charge is -2.48. The van der Waals surface area contributed by atoms with Crippen LogP contribution in [-0.2, 0) is 28.5 Å². The third-order valence-corrected chi connectivity index (χ3v) is 4.96. The molecule has 0 aromatic carbocycles. The first-order valence-electron chi connectivity index (χ1n) is 13.4. The molecule has 1 fully saturated rings. The maximum absolute atomic E-state index is 12.3. The van der Waals surface area contributed by atoms with E-state index >= 15 is 0 Å². The largest absolute Gasteiger partial charge is 0.469 e. The molecule has 1 amide bonds. The van der Waals surface area contributed by atoms with Gasteiger partial charge >= 0.3 is 5.97 Å². The van der Waals surface area contributed by atoms with Gasteiger partial charge in [0.1, 0.15) is 0 Å². The number of piperidine rings is 1. The standard InChI is InChI=1S/C19H35NO7.C3H8O2.C3H8.C2H6/c1-17(2,10-13-21)26-19(27-18(3,4)14-22)8-11-20(12-9-19)15(23)6-7-16(24)25-5;1-5-3-2-4;1-3-2;1-2/h21-22H,6-14H2,1-5H3;4H,2-3H2,1H3;3H2,1-2H3;1-2H3. The number of carbonyl (C=O) groups is 2. The molecule has 37 heavy (non-hydrogen) atoms. The fourth-order valence-corrected chi connectivity index (χ4v) is 3.24. The number of hydrogen-bond acceptors (Lipinski definition) is 9. The van der Waals surface area contributed by atoms with Crippen molar-refractivity contribution in [3.63, 3.8) is 0 Å². The number of aliphatic hydroxyl groups is 3. The van der Waals surface area contributed by atoms with Crippen molar-refractivity contribution >= 4 is 11.9 Å². The number of ether oxygens (including phenoxy) is 4. The zero-order valence-electron chi connectivity index (χ0n) is 25.2. The fraction of sp³-hybridized carbons (Fsp3) is 0.926. The van der Waals surface area contributed by atoms with Crippen LogP contribution in [0.1, 0.15) is 93.9 Å². The highest BCUT2D eigenvalue weighted by Crippen LogP contribution is 2.37. The quantitative estimate of drug-likeness (QED) is 0.252. The summed E-state index contributed by atoms with van der Waals surface area (Å²) in [5, 5.41) is 26.8. The molecule has 0 saturated carbocycles. The molecule has 1 aliphatic heterocycles. The maximum Gasteiger partial charge on any atom is 0.306 e. The Morgan fingerprint density at radius 2 is 1.35 bits per heavy atom. The SMILES string of the molecule is CC.CCC.COC(=O)CCC(=O)N1CCC(OC(C)(C)CO)(OC(C)(C)CCO)CC1.COCCO. The van der Waals surface area contributed by atoms with Crippen LogP contribution in [0.25, 0.3) is 0 Å². The molecular formula is C27H57NO9. The number of hydrogen-bond donors (Lipinski definition) is 3. The van der Waals surface area contributed by atoms with E-state index in [1.807, 2.05) is 27.7 Å². The Labute approximate surface area is 225 Å². The monoisotopic (exact) mass is 539 g/mol. The molecule has 1 rings (SSSR count). The second-order valence-corrected chi connectivity index (χ2v) is 9.65. The van der Waals surface area contributed by atoms with Crippen LogP contribution in [0, 0.1) is 0 Å². The van der Waals surface area contributed by atoms with E-state index in [9.17, 15) is 19.8 Å². The summed E-state index contributed by atoms with van der Waals surface area (Å²) in [6, 6.07) is 0. The van der Waals surface area contributed by atoms with Gasteiger partial charge in [-0.1, -0.05) is 34.1 Å². The zero-order valence-corrected chi connectivity index (χ0v) is 25.2. The molecule has 0 spiro atoms. The van der Waals surface area contributed by atoms with Crippen LogP contribution in [0.3, 0.4) is 0 Å². The predicted molar refractivity (Wildman–Crippen MR) is 145 cm³/mol. The van der Waals surface area contributed by atoms with Crippen LogP contribution in [0.15, 0.2) is 0 Å². The van der Waals surface area contributed by atoms with Gasteiger partial charge in [-0.25, -0.2) is 0 Å². The molecule has 3 N–H and O–H groups in total. The highest BCUT2D eigenvalue weighted by molar-refractivity contribution is 5.81. The second-order valence-electron chi connectivity index (χ2n) is 9.65. The Morgan fingerprint density at radius 3 is 1.70 bits per heavy atom. The van der Waals surface area contributed by atoms with Gasteiger partial charge in [0, 0.05) is 46.1 Å². The highest BCUT2D eigenvalue weighted by Gasteiger charge is 2.45. The first kappa shape index (κ1) is 40.2. The van der Waals surface area contributed by atoms with E-state index in [1.54, 1.807) is 25.9 Å². The van der Waals surface area contributed by atoms with Crippen LogP contribution in [0.2, 0.25) is 0 Å². The summed E-state index contributed by atoms with van der Waals surface area (Å²) in [6.07, 6.45) is 2.74. The lowest BCUT2D eigenvalue weighted by atomic mass is 9.98. The Bertz CT molecular complexity index is 558. The van der Waals surface area contributed by atoms with Crippen molar-refractivity contribution in [1.82, 2.24) is 4.90 Å². The van der Waals surface area contributed by atoms with Gasteiger partial charge in [-0.2, -0.15) is 0 Å². The summed E-state index contributed by atoms with van der Waals surface area (Å²) in [5.74, 6) is -1.47. The molecule has 0 aromatic heterocycles. The Balaban J connectivity index is -0.000000990. The van der Waals surface area contributed by atoms with E-state index in [-0.39, 0.29) is 38.6 Å². The summed E-state index contributed by atoms with van der Waals surface area (Å²) in [4.78, 5) is 25.2. The van der Waals surface area contributed by atoms with Crippen LogP contribution in [0.4, 0.5) is 0 Å². The number of nitrogens with zero attached hydrogens (tertiary/aromatic N) is 1. The van der Waals surface area contributed by atoms with E-state index in [0.717, 1.165) is 0 Å². The Hall–Kier alpha value is -1.30. The molecule has 0 atom stereocenters. The average molecular weight is 540 g/mol. The molecule has 224 valence electrons. The highest BCUT2D eigenvalue weighted by atomic mass is 16.7. The average Bonchev–Trinajstić information content (AvgIpc) is 2.84. The number of methoxy groups -OCH3 is 2. The lowest BCUT2D eigenvalue weighted by Crippen LogP contribution is -2.56. The fourth-order valence-electron chi connectivity index (χ4n) is 3.24. The van der Waals surface area contributed by atoms with E-state index in [4.69, 9.17) is 14.6 Å². The number of rotatable bonds is 12. The van der Waals surface area contributed by atoms with Gasteiger partial charge in [0.15, 0.2) is 5.79 Å². The van der Waals surface area contributed by atoms with E-state index < -0.39 is 23.0 Å². The molecule has 0 aromatic rings. The minimum absolute atomic E-state index is 0.00931. The minimum Gasteiger partial charge on any atom is -0.469 e. The summed E-state index contributed by atoms with van der Waals surface area (Å²) >= 11 is 0. The molecular weight excluding hydrogens is 482 g/mol. The van der Waals surface area contributed by atoms with Gasteiger partial charge in [-0.15, -0.1) is 0 Å². The van der Waals surface area contributed by atoms with Crippen LogP contribution in [0.5, 0.6) is 0 Å². The van der Waals surface area contributed by atoms with Crippen molar-refractivity contribution in [2.24, 2.45) is 0 Å². The van der Waals surface area contributed by atoms with Crippen molar-refractivity contribution in [3.8, 4) is 0 Å². The minimum atomic E-state index is -0.954. The zero-order chi connectivity index (χ0) is 29.5. The van der Waals surface area contributed by atoms with Gasteiger partial charge in [0.05, 0.1) is 44.6 Å². The van der Waals surface area contributed by atoms with Crippen molar-refractivity contribution < 1.29 is 43.9 Å². The van der Waals surface area contributed by atoms with Crippen LogP contribution < -0.4 is 0 Å². The van der Waals surface area contributed by atoms with Gasteiger partial charge < -0.3 is 39.2 Å². The normalized spacial score (nSPS) is 14.7. The summed E-state index contributed by atoms with van der Waals surface area (Å²) in [7, 11) is 2.85. The molecule has 0 unspecified atom stereocenters. The van der Waals surface area contributed by atoms with Crippen molar-refractivity contribution in [1.29, 1.82) is 0 Å². The van der Waals surface area contributed by atoms with Crippen molar-refractivity contribution in [3.05, 3.63) is 0 Å². The van der Waals surface area contributed by atoms with E-state index in [1.165, 1.54) is 13.5 Å². The van der Waals surface area contributed by atoms with Gasteiger partial charge in [-0.05, 0) is 34.1 Å². The van der Waals surface area contributed by atoms with E-state index in [2.05, 4.69) is 23.3 Å².